The normalized spacial score (nSPS) is 11.0. The van der Waals surface area contributed by atoms with Gasteiger partial charge in [-0.15, -0.1) is 0 Å². The van der Waals surface area contributed by atoms with Crippen molar-refractivity contribution in [2.75, 3.05) is 13.2 Å². The van der Waals surface area contributed by atoms with Crippen molar-refractivity contribution in [1.29, 1.82) is 0 Å². The lowest BCUT2D eigenvalue weighted by Gasteiger charge is -2.23. The predicted octanol–water partition coefficient (Wildman–Crippen LogP) is 8.83. The Morgan fingerprint density at radius 3 is 1.49 bits per heavy atom. The van der Waals surface area contributed by atoms with Gasteiger partial charge in [-0.3, -0.25) is 0 Å². The van der Waals surface area contributed by atoms with Crippen molar-refractivity contribution in [2.45, 2.75) is 130 Å². The van der Waals surface area contributed by atoms with Crippen LogP contribution < -0.4 is 14.2 Å². The highest BCUT2D eigenvalue weighted by Gasteiger charge is 2.28. The van der Waals surface area contributed by atoms with Crippen LogP contribution in [0.5, 0.6) is 23.0 Å². The van der Waals surface area contributed by atoms with Gasteiger partial charge in [-0.05, 0) is 25.7 Å². The molecule has 0 spiro atoms. The predicted molar refractivity (Wildman–Crippen MR) is 142 cm³/mol. The van der Waals surface area contributed by atoms with E-state index in [-0.39, 0.29) is 17.2 Å². The summed E-state index contributed by atoms with van der Waals surface area (Å²) in [7, 11) is 0. The summed E-state index contributed by atoms with van der Waals surface area (Å²) in [5, 5.41) is 20.4. The smallest absolute Gasteiger partial charge is 0.502 e. The van der Waals surface area contributed by atoms with Gasteiger partial charge in [-0.2, -0.15) is 0 Å². The van der Waals surface area contributed by atoms with Crippen LogP contribution in [0.1, 0.15) is 129 Å². The molecule has 0 amide bonds. The Kier molecular flexibility index (Phi) is 16.9. The van der Waals surface area contributed by atoms with E-state index >= 15 is 0 Å². The van der Waals surface area contributed by atoms with Crippen LogP contribution in [0.25, 0.3) is 0 Å². The molecule has 202 valence electrons. The molecule has 1 rings (SSSR count). The first-order chi connectivity index (χ1) is 17.0. The van der Waals surface area contributed by atoms with Crippen molar-refractivity contribution in [3.05, 3.63) is 11.1 Å². The van der Waals surface area contributed by atoms with E-state index in [4.69, 9.17) is 14.2 Å². The van der Waals surface area contributed by atoms with E-state index in [2.05, 4.69) is 20.8 Å². The van der Waals surface area contributed by atoms with E-state index in [1.54, 1.807) is 0 Å². The van der Waals surface area contributed by atoms with Gasteiger partial charge in [0, 0.05) is 11.1 Å². The van der Waals surface area contributed by atoms with Crippen LogP contribution in [0.3, 0.4) is 0 Å². The average molecular weight is 495 g/mol. The van der Waals surface area contributed by atoms with Gasteiger partial charge in [0.05, 0.1) is 13.2 Å². The van der Waals surface area contributed by atoms with Gasteiger partial charge in [0.15, 0.2) is 11.5 Å². The van der Waals surface area contributed by atoms with E-state index in [1.165, 1.54) is 44.9 Å². The van der Waals surface area contributed by atoms with E-state index in [0.29, 0.717) is 37.4 Å². The Balaban J connectivity index is 3.16. The summed E-state index contributed by atoms with van der Waals surface area (Å²) in [6.45, 7) is 9.50. The fourth-order valence-electron chi connectivity index (χ4n) is 4.39. The molecular formula is C29H50O6. The van der Waals surface area contributed by atoms with Crippen molar-refractivity contribution in [1.82, 2.24) is 0 Å². The number of unbranched alkanes of at least 4 members (excludes halogenated alkanes) is 10. The SMILES string of the molecule is CCCCCCCCOc1c(O)c(OC(=O)O)c(CCC)c(CCC)c1OCCCCCCCC. The van der Waals surface area contributed by atoms with Crippen molar-refractivity contribution < 1.29 is 29.2 Å². The van der Waals surface area contributed by atoms with Crippen LogP contribution in [0.2, 0.25) is 0 Å². The highest BCUT2D eigenvalue weighted by molar-refractivity contribution is 5.71. The Bertz CT molecular complexity index is 716. The fourth-order valence-corrected chi connectivity index (χ4v) is 4.39. The third-order valence-electron chi connectivity index (χ3n) is 6.23. The molecule has 6 nitrogen and oxygen atoms in total. The van der Waals surface area contributed by atoms with Gasteiger partial charge >= 0.3 is 6.16 Å². The molecule has 6 heteroatoms. The van der Waals surface area contributed by atoms with Crippen molar-refractivity contribution in [3.8, 4) is 23.0 Å². The number of phenols is 1. The molecule has 0 aliphatic rings. The van der Waals surface area contributed by atoms with Crippen LogP contribution in [0.4, 0.5) is 4.79 Å². The summed E-state index contributed by atoms with van der Waals surface area (Å²) >= 11 is 0. The first-order valence-electron chi connectivity index (χ1n) is 14.1. The molecule has 0 atom stereocenters. The van der Waals surface area contributed by atoms with Gasteiger partial charge in [0.25, 0.3) is 0 Å². The van der Waals surface area contributed by atoms with E-state index in [1.807, 2.05) is 6.92 Å². The number of rotatable bonds is 21. The molecule has 2 N–H and O–H groups in total. The zero-order valence-electron chi connectivity index (χ0n) is 22.8. The van der Waals surface area contributed by atoms with Crippen molar-refractivity contribution >= 4 is 6.16 Å². The Morgan fingerprint density at radius 2 is 1.03 bits per heavy atom. The first-order valence-corrected chi connectivity index (χ1v) is 14.1. The molecule has 0 aliphatic heterocycles. The highest BCUT2D eigenvalue weighted by Crippen LogP contribution is 2.50. The lowest BCUT2D eigenvalue weighted by Crippen LogP contribution is -2.12. The Morgan fingerprint density at radius 1 is 0.600 bits per heavy atom. The second-order valence-corrected chi connectivity index (χ2v) is 9.39. The van der Waals surface area contributed by atoms with E-state index < -0.39 is 6.16 Å². The average Bonchev–Trinajstić information content (AvgIpc) is 2.83. The topological polar surface area (TPSA) is 85.2 Å². The number of carbonyl (C=O) groups is 1. The van der Waals surface area contributed by atoms with Gasteiger partial charge in [-0.25, -0.2) is 4.79 Å². The molecule has 0 heterocycles. The van der Waals surface area contributed by atoms with Crippen LogP contribution in [-0.2, 0) is 12.8 Å². The molecule has 0 aliphatic carbocycles. The fraction of sp³-hybridized carbons (Fsp3) is 0.759. The largest absolute Gasteiger partial charge is 0.511 e. The van der Waals surface area contributed by atoms with Gasteiger partial charge < -0.3 is 24.4 Å². The molecular weight excluding hydrogens is 444 g/mol. The molecule has 0 bridgehead atoms. The van der Waals surface area contributed by atoms with Gasteiger partial charge in [-0.1, -0.05) is 105 Å². The molecule has 1 aromatic carbocycles. The Hall–Kier alpha value is -2.11. The zero-order valence-corrected chi connectivity index (χ0v) is 22.8. The third kappa shape index (κ3) is 11.4. The number of hydrogen-bond acceptors (Lipinski definition) is 5. The van der Waals surface area contributed by atoms with E-state index in [9.17, 15) is 15.0 Å². The molecule has 0 saturated carbocycles. The molecule has 0 aromatic heterocycles. The quantitative estimate of drug-likeness (QED) is 0.101. The molecule has 1 aromatic rings. The van der Waals surface area contributed by atoms with Gasteiger partial charge in [0.2, 0.25) is 11.5 Å². The molecule has 0 unspecified atom stereocenters. The maximum absolute atomic E-state index is 11.4. The van der Waals surface area contributed by atoms with Crippen LogP contribution >= 0.6 is 0 Å². The lowest BCUT2D eigenvalue weighted by atomic mass is 9.96. The van der Waals surface area contributed by atoms with Crippen molar-refractivity contribution in [2.24, 2.45) is 0 Å². The number of hydrogen-bond donors (Lipinski definition) is 2. The first kappa shape index (κ1) is 30.9. The number of phenolic OH excluding ortho intramolecular Hbond substituents is 1. The van der Waals surface area contributed by atoms with Crippen LogP contribution in [0.15, 0.2) is 0 Å². The minimum Gasteiger partial charge on any atom is -0.502 e. The lowest BCUT2D eigenvalue weighted by molar-refractivity contribution is 0.141. The Labute approximate surface area is 213 Å². The summed E-state index contributed by atoms with van der Waals surface area (Å²) in [4.78, 5) is 11.4. The second kappa shape index (κ2) is 19.1. The number of ether oxygens (including phenoxy) is 3. The van der Waals surface area contributed by atoms with Crippen molar-refractivity contribution in [3.63, 3.8) is 0 Å². The summed E-state index contributed by atoms with van der Waals surface area (Å²) in [5.74, 6) is 0.515. The van der Waals surface area contributed by atoms with Crippen LogP contribution in [0, 0.1) is 0 Å². The van der Waals surface area contributed by atoms with Gasteiger partial charge in [0.1, 0.15) is 0 Å². The molecule has 0 radical (unpaired) electrons. The number of benzene rings is 1. The highest BCUT2D eigenvalue weighted by atomic mass is 16.7. The molecule has 0 fully saturated rings. The zero-order chi connectivity index (χ0) is 25.9. The molecule has 0 saturated heterocycles. The summed E-state index contributed by atoms with van der Waals surface area (Å²) in [5.41, 5.74) is 1.60. The maximum Gasteiger partial charge on any atom is 0.511 e. The third-order valence-corrected chi connectivity index (χ3v) is 6.23. The standard InChI is InChI=1S/C29H50O6/c1-5-9-11-13-15-17-21-33-27-24(20-8-4)23(19-7-3)26(35-29(31)32)25(30)28(27)34-22-18-16-14-12-10-6-2/h30H,5-22H2,1-4H3,(H,31,32). The minimum atomic E-state index is -1.44. The monoisotopic (exact) mass is 494 g/mol. The van der Waals surface area contributed by atoms with E-state index in [0.717, 1.165) is 50.5 Å². The number of aromatic hydroxyl groups is 1. The summed E-state index contributed by atoms with van der Waals surface area (Å²) in [6.07, 6.45) is 15.2. The molecule has 35 heavy (non-hydrogen) atoms. The summed E-state index contributed by atoms with van der Waals surface area (Å²) < 4.78 is 17.5. The maximum atomic E-state index is 11.4. The number of carboxylic acid groups (broad SMARTS) is 1. The second-order valence-electron chi connectivity index (χ2n) is 9.39. The summed E-state index contributed by atoms with van der Waals surface area (Å²) in [6, 6.07) is 0. The minimum absolute atomic E-state index is 0.00679. The van der Waals surface area contributed by atoms with Crippen LogP contribution in [-0.4, -0.2) is 29.6 Å².